The molecular formula is C10H20N2. The van der Waals surface area contributed by atoms with Gasteiger partial charge in [-0.2, -0.15) is 0 Å². The first-order valence-electron chi connectivity index (χ1n) is 5.10. The fraction of sp³-hybridized carbons (Fsp3) is 0.900. The first kappa shape index (κ1) is 9.56. The van der Waals surface area contributed by atoms with Gasteiger partial charge in [-0.3, -0.25) is 4.99 Å². The average molecular weight is 168 g/mol. The van der Waals surface area contributed by atoms with E-state index in [0.717, 1.165) is 25.4 Å². The molecule has 12 heavy (non-hydrogen) atoms. The highest BCUT2D eigenvalue weighted by Gasteiger charge is 2.09. The maximum atomic E-state index is 4.39. The minimum Gasteiger partial charge on any atom is -0.372 e. The van der Waals surface area contributed by atoms with Crippen LogP contribution in [0.25, 0.3) is 0 Å². The van der Waals surface area contributed by atoms with Crippen LogP contribution in [0.4, 0.5) is 0 Å². The Labute approximate surface area is 75.5 Å². The molecule has 0 saturated carbocycles. The maximum absolute atomic E-state index is 4.39. The molecule has 0 bridgehead atoms. The van der Waals surface area contributed by atoms with Crippen molar-refractivity contribution in [2.45, 2.75) is 39.5 Å². The molecule has 0 aliphatic carbocycles. The third kappa shape index (κ3) is 3.24. The molecule has 0 radical (unpaired) electrons. The third-order valence-electron chi connectivity index (χ3n) is 2.34. The number of nitrogens with one attached hydrogen (secondary N) is 1. The Morgan fingerprint density at radius 1 is 1.58 bits per heavy atom. The molecule has 1 N–H and O–H groups in total. The summed E-state index contributed by atoms with van der Waals surface area (Å²) in [6.45, 7) is 6.60. The van der Waals surface area contributed by atoms with Crippen molar-refractivity contribution in [2.24, 2.45) is 10.9 Å². The van der Waals surface area contributed by atoms with Crippen molar-refractivity contribution < 1.29 is 0 Å². The van der Waals surface area contributed by atoms with Crippen molar-refractivity contribution >= 4 is 5.84 Å². The van der Waals surface area contributed by atoms with E-state index in [1.54, 1.807) is 0 Å². The quantitative estimate of drug-likeness (QED) is 0.668. The minimum absolute atomic E-state index is 0.800. The minimum atomic E-state index is 0.800. The SMILES string of the molecule is CCCCC(C)CC1=NCCN1. The van der Waals surface area contributed by atoms with Crippen molar-refractivity contribution in [1.29, 1.82) is 0 Å². The summed E-state index contributed by atoms with van der Waals surface area (Å²) in [5.41, 5.74) is 0. The van der Waals surface area contributed by atoms with E-state index in [0.29, 0.717) is 0 Å². The Kier molecular flexibility index (Phi) is 4.12. The van der Waals surface area contributed by atoms with E-state index in [1.807, 2.05) is 0 Å². The topological polar surface area (TPSA) is 24.4 Å². The lowest BCUT2D eigenvalue weighted by atomic mass is 10.0. The smallest absolute Gasteiger partial charge is 0.0967 e. The lowest BCUT2D eigenvalue weighted by Crippen LogP contribution is -2.20. The zero-order valence-electron chi connectivity index (χ0n) is 8.27. The second-order valence-electron chi connectivity index (χ2n) is 3.71. The van der Waals surface area contributed by atoms with Gasteiger partial charge in [-0.15, -0.1) is 0 Å². The van der Waals surface area contributed by atoms with Crippen molar-refractivity contribution in [2.75, 3.05) is 13.1 Å². The molecule has 0 amide bonds. The van der Waals surface area contributed by atoms with E-state index in [9.17, 15) is 0 Å². The molecular weight excluding hydrogens is 148 g/mol. The fourth-order valence-corrected chi connectivity index (χ4v) is 1.57. The Morgan fingerprint density at radius 3 is 3.00 bits per heavy atom. The van der Waals surface area contributed by atoms with E-state index < -0.39 is 0 Å². The normalized spacial score (nSPS) is 18.7. The van der Waals surface area contributed by atoms with Gasteiger partial charge < -0.3 is 5.32 Å². The van der Waals surface area contributed by atoms with Crippen LogP contribution in [0.5, 0.6) is 0 Å². The van der Waals surface area contributed by atoms with Crippen LogP contribution in [0, 0.1) is 5.92 Å². The summed E-state index contributed by atoms with van der Waals surface area (Å²) >= 11 is 0. The van der Waals surface area contributed by atoms with Crippen LogP contribution in [0.15, 0.2) is 4.99 Å². The number of hydrogen-bond donors (Lipinski definition) is 1. The molecule has 0 aromatic carbocycles. The van der Waals surface area contributed by atoms with Crippen LogP contribution >= 0.6 is 0 Å². The zero-order chi connectivity index (χ0) is 8.81. The predicted octanol–water partition coefficient (Wildman–Crippen LogP) is 2.20. The van der Waals surface area contributed by atoms with Crippen LogP contribution in [-0.4, -0.2) is 18.9 Å². The molecule has 0 saturated heterocycles. The molecule has 0 aromatic rings. The van der Waals surface area contributed by atoms with Crippen LogP contribution in [-0.2, 0) is 0 Å². The average Bonchev–Trinajstić information content (AvgIpc) is 2.53. The monoisotopic (exact) mass is 168 g/mol. The second-order valence-corrected chi connectivity index (χ2v) is 3.71. The molecule has 0 aromatic heterocycles. The van der Waals surface area contributed by atoms with Gasteiger partial charge in [-0.05, 0) is 5.92 Å². The number of unbranched alkanes of at least 4 members (excludes halogenated alkanes) is 1. The largest absolute Gasteiger partial charge is 0.372 e. The molecule has 2 nitrogen and oxygen atoms in total. The van der Waals surface area contributed by atoms with Gasteiger partial charge >= 0.3 is 0 Å². The van der Waals surface area contributed by atoms with Crippen molar-refractivity contribution in [3.63, 3.8) is 0 Å². The highest BCUT2D eigenvalue weighted by molar-refractivity contribution is 5.83. The first-order chi connectivity index (χ1) is 5.83. The zero-order valence-corrected chi connectivity index (χ0v) is 8.27. The summed E-state index contributed by atoms with van der Waals surface area (Å²) in [4.78, 5) is 4.39. The fourth-order valence-electron chi connectivity index (χ4n) is 1.57. The molecule has 0 fully saturated rings. The Balaban J connectivity index is 2.12. The molecule has 1 aliphatic rings. The molecule has 1 heterocycles. The Morgan fingerprint density at radius 2 is 2.42 bits per heavy atom. The number of amidine groups is 1. The number of rotatable bonds is 5. The lowest BCUT2D eigenvalue weighted by molar-refractivity contribution is 0.519. The maximum Gasteiger partial charge on any atom is 0.0967 e. The van der Waals surface area contributed by atoms with Gasteiger partial charge in [0.25, 0.3) is 0 Å². The summed E-state index contributed by atoms with van der Waals surface area (Å²) in [5, 5.41) is 3.31. The molecule has 0 spiro atoms. The van der Waals surface area contributed by atoms with Crippen LogP contribution < -0.4 is 5.32 Å². The van der Waals surface area contributed by atoms with Crippen molar-refractivity contribution in [3.05, 3.63) is 0 Å². The van der Waals surface area contributed by atoms with E-state index in [4.69, 9.17) is 0 Å². The van der Waals surface area contributed by atoms with Gasteiger partial charge in [0.1, 0.15) is 0 Å². The summed E-state index contributed by atoms with van der Waals surface area (Å²) in [7, 11) is 0. The van der Waals surface area contributed by atoms with E-state index in [2.05, 4.69) is 24.2 Å². The van der Waals surface area contributed by atoms with Crippen LogP contribution in [0.1, 0.15) is 39.5 Å². The standard InChI is InChI=1S/C10H20N2/c1-3-4-5-9(2)8-10-11-6-7-12-10/h9H,3-8H2,1-2H3,(H,11,12). The van der Waals surface area contributed by atoms with Crippen molar-refractivity contribution in [1.82, 2.24) is 5.32 Å². The van der Waals surface area contributed by atoms with E-state index in [1.165, 1.54) is 25.1 Å². The summed E-state index contributed by atoms with van der Waals surface area (Å²) in [5.74, 6) is 2.04. The van der Waals surface area contributed by atoms with Gasteiger partial charge in [-0.25, -0.2) is 0 Å². The molecule has 1 atom stereocenters. The molecule has 70 valence electrons. The highest BCUT2D eigenvalue weighted by Crippen LogP contribution is 2.12. The molecule has 2 heteroatoms. The van der Waals surface area contributed by atoms with Gasteiger partial charge in [0.05, 0.1) is 12.4 Å². The summed E-state index contributed by atoms with van der Waals surface area (Å²) in [6.07, 6.45) is 5.16. The molecule has 1 aliphatic heterocycles. The van der Waals surface area contributed by atoms with Crippen LogP contribution in [0.3, 0.4) is 0 Å². The number of aliphatic imine (C=N–C) groups is 1. The van der Waals surface area contributed by atoms with Gasteiger partial charge in [0.15, 0.2) is 0 Å². The van der Waals surface area contributed by atoms with E-state index >= 15 is 0 Å². The lowest BCUT2D eigenvalue weighted by Gasteiger charge is -2.10. The number of hydrogen-bond acceptors (Lipinski definition) is 2. The Hall–Kier alpha value is -0.530. The van der Waals surface area contributed by atoms with Gasteiger partial charge in [-0.1, -0.05) is 33.1 Å². The first-order valence-corrected chi connectivity index (χ1v) is 5.10. The number of nitrogens with zero attached hydrogens (tertiary/aromatic N) is 1. The Bertz CT molecular complexity index is 152. The predicted molar refractivity (Wildman–Crippen MR) is 53.6 cm³/mol. The second kappa shape index (κ2) is 5.18. The molecule has 1 unspecified atom stereocenters. The molecule has 1 rings (SSSR count). The van der Waals surface area contributed by atoms with Gasteiger partial charge in [0, 0.05) is 13.0 Å². The van der Waals surface area contributed by atoms with Gasteiger partial charge in [0.2, 0.25) is 0 Å². The van der Waals surface area contributed by atoms with Crippen molar-refractivity contribution in [3.8, 4) is 0 Å². The van der Waals surface area contributed by atoms with Crippen LogP contribution in [0.2, 0.25) is 0 Å². The summed E-state index contributed by atoms with van der Waals surface area (Å²) in [6, 6.07) is 0. The highest BCUT2D eigenvalue weighted by atomic mass is 15.1. The van der Waals surface area contributed by atoms with E-state index in [-0.39, 0.29) is 0 Å². The third-order valence-corrected chi connectivity index (χ3v) is 2.34. The summed E-state index contributed by atoms with van der Waals surface area (Å²) < 4.78 is 0.